The Labute approximate surface area is 121 Å². The third-order valence-electron chi connectivity index (χ3n) is 3.67. The van der Waals surface area contributed by atoms with Gasteiger partial charge in [0.1, 0.15) is 13.1 Å². The molecule has 1 unspecified atom stereocenters. The molecule has 0 aromatic carbocycles. The zero-order chi connectivity index (χ0) is 15.2. The van der Waals surface area contributed by atoms with Crippen molar-refractivity contribution in [3.05, 3.63) is 0 Å². The van der Waals surface area contributed by atoms with Crippen LogP contribution in [0.5, 0.6) is 0 Å². The molecule has 0 fully saturated rings. The summed E-state index contributed by atoms with van der Waals surface area (Å²) in [6.07, 6.45) is 2.78. The molecule has 0 saturated carbocycles. The molecule has 1 aliphatic rings. The molecule has 116 valence electrons. The summed E-state index contributed by atoms with van der Waals surface area (Å²) in [5.41, 5.74) is 0. The zero-order valence-electron chi connectivity index (χ0n) is 12.7. The number of aliphatic carboxylic acids is 1. The normalized spacial score (nSPS) is 17.2. The van der Waals surface area contributed by atoms with Crippen molar-refractivity contribution in [3.63, 3.8) is 0 Å². The molecule has 0 aromatic rings. The quantitative estimate of drug-likeness (QED) is 0.481. The molecule has 0 spiro atoms. The first-order valence-corrected chi connectivity index (χ1v) is 8.64. The minimum Gasteiger partial charge on any atom is -0.478 e. The fourth-order valence-electron chi connectivity index (χ4n) is 2.23. The predicted molar refractivity (Wildman–Crippen MR) is 76.1 cm³/mol. The van der Waals surface area contributed by atoms with Crippen LogP contribution in [-0.2, 0) is 18.1 Å². The molecule has 0 aliphatic carbocycles. The molecule has 0 amide bonds. The third-order valence-corrected chi connectivity index (χ3v) is 6.51. The Kier molecular flexibility index (Phi) is 6.60. The number of hydrogen-bond donors (Lipinski definition) is 1. The fraction of sp³-hybridized carbons (Fsp3) is 0.833. The Morgan fingerprint density at radius 2 is 2.00 bits per heavy atom. The van der Waals surface area contributed by atoms with Gasteiger partial charge in [0.25, 0.3) is 0 Å². The summed E-state index contributed by atoms with van der Waals surface area (Å²) >= 11 is 0. The van der Waals surface area contributed by atoms with Gasteiger partial charge in [-0.2, -0.15) is 0 Å². The first-order chi connectivity index (χ1) is 9.48. The van der Waals surface area contributed by atoms with Crippen molar-refractivity contribution in [2.45, 2.75) is 25.4 Å². The molecule has 0 aromatic heterocycles. The molecule has 1 heterocycles. The molecule has 1 rings (SSSR count). The van der Waals surface area contributed by atoms with E-state index in [2.05, 4.69) is 4.58 Å². The SMILES string of the molecule is CO[Si](CCC[N+]1=CN(C(C)C(=O)O)CC1)(OC)OC. The first-order valence-electron chi connectivity index (χ1n) is 6.71. The van der Waals surface area contributed by atoms with E-state index >= 15 is 0 Å². The van der Waals surface area contributed by atoms with Gasteiger partial charge in [-0.15, -0.1) is 0 Å². The molecule has 7 nitrogen and oxygen atoms in total. The fourth-order valence-corrected chi connectivity index (χ4v) is 3.93. The molecule has 0 radical (unpaired) electrons. The lowest BCUT2D eigenvalue weighted by Gasteiger charge is -2.23. The van der Waals surface area contributed by atoms with Gasteiger partial charge >= 0.3 is 14.8 Å². The van der Waals surface area contributed by atoms with Gasteiger partial charge in [-0.1, -0.05) is 0 Å². The number of nitrogens with zero attached hydrogens (tertiary/aromatic N) is 2. The van der Waals surface area contributed by atoms with Crippen LogP contribution in [0.25, 0.3) is 0 Å². The van der Waals surface area contributed by atoms with E-state index in [1.165, 1.54) is 0 Å². The van der Waals surface area contributed by atoms with E-state index in [-0.39, 0.29) is 0 Å². The Hall–Kier alpha value is -0.963. The summed E-state index contributed by atoms with van der Waals surface area (Å²) in [6.45, 7) is 4.13. The average molecular weight is 305 g/mol. The maximum Gasteiger partial charge on any atom is 0.500 e. The second-order valence-corrected chi connectivity index (χ2v) is 7.89. The van der Waals surface area contributed by atoms with Crippen molar-refractivity contribution in [2.24, 2.45) is 0 Å². The highest BCUT2D eigenvalue weighted by molar-refractivity contribution is 6.60. The van der Waals surface area contributed by atoms with E-state index in [9.17, 15) is 4.79 Å². The van der Waals surface area contributed by atoms with Crippen LogP contribution in [0, 0.1) is 0 Å². The summed E-state index contributed by atoms with van der Waals surface area (Å²) in [4.78, 5) is 12.8. The molecule has 1 atom stereocenters. The van der Waals surface area contributed by atoms with E-state index in [1.54, 1.807) is 28.3 Å². The van der Waals surface area contributed by atoms with Crippen LogP contribution < -0.4 is 0 Å². The predicted octanol–water partition coefficient (Wildman–Crippen LogP) is 0.0841. The van der Waals surface area contributed by atoms with Crippen molar-refractivity contribution < 1.29 is 27.8 Å². The second-order valence-electron chi connectivity index (χ2n) is 4.80. The van der Waals surface area contributed by atoms with Crippen LogP contribution in [0.15, 0.2) is 0 Å². The summed E-state index contributed by atoms with van der Waals surface area (Å²) in [7, 11) is 2.33. The molecule has 0 saturated heterocycles. The van der Waals surface area contributed by atoms with Gasteiger partial charge in [-0.3, -0.25) is 9.48 Å². The highest BCUT2D eigenvalue weighted by Gasteiger charge is 2.37. The van der Waals surface area contributed by atoms with Crippen LogP contribution in [0.2, 0.25) is 6.04 Å². The molecular weight excluding hydrogens is 280 g/mol. The lowest BCUT2D eigenvalue weighted by Crippen LogP contribution is -2.43. The zero-order valence-corrected chi connectivity index (χ0v) is 13.7. The van der Waals surface area contributed by atoms with Crippen LogP contribution in [0.4, 0.5) is 0 Å². The van der Waals surface area contributed by atoms with Gasteiger partial charge in [-0.05, 0) is 13.3 Å². The Morgan fingerprint density at radius 1 is 1.40 bits per heavy atom. The van der Waals surface area contributed by atoms with Crippen molar-refractivity contribution in [3.8, 4) is 0 Å². The van der Waals surface area contributed by atoms with Gasteiger partial charge in [0.2, 0.25) is 6.34 Å². The van der Waals surface area contributed by atoms with Gasteiger partial charge in [-0.25, -0.2) is 4.79 Å². The highest BCUT2D eigenvalue weighted by atomic mass is 28.4. The maximum atomic E-state index is 10.9. The van der Waals surface area contributed by atoms with E-state index in [1.807, 2.05) is 11.2 Å². The molecule has 8 heteroatoms. The average Bonchev–Trinajstić information content (AvgIpc) is 2.92. The van der Waals surface area contributed by atoms with Crippen molar-refractivity contribution >= 4 is 21.1 Å². The number of rotatable bonds is 9. The number of carboxylic acid groups (broad SMARTS) is 1. The van der Waals surface area contributed by atoms with E-state index in [0.717, 1.165) is 32.1 Å². The maximum absolute atomic E-state index is 10.9. The van der Waals surface area contributed by atoms with Crippen molar-refractivity contribution in [2.75, 3.05) is 41.0 Å². The van der Waals surface area contributed by atoms with Gasteiger partial charge in [0.15, 0.2) is 6.04 Å². The summed E-state index contributed by atoms with van der Waals surface area (Å²) in [5, 5.41) is 8.98. The van der Waals surface area contributed by atoms with E-state index in [0.29, 0.717) is 0 Å². The summed E-state index contributed by atoms with van der Waals surface area (Å²) in [5.74, 6) is -0.798. The van der Waals surface area contributed by atoms with Crippen molar-refractivity contribution in [1.82, 2.24) is 4.90 Å². The van der Waals surface area contributed by atoms with Crippen LogP contribution in [0.3, 0.4) is 0 Å². The molecule has 0 bridgehead atoms. The topological polar surface area (TPSA) is 71.2 Å². The summed E-state index contributed by atoms with van der Waals surface area (Å²) < 4.78 is 18.2. The highest BCUT2D eigenvalue weighted by Crippen LogP contribution is 2.15. The Morgan fingerprint density at radius 3 is 2.50 bits per heavy atom. The lowest BCUT2D eigenvalue weighted by atomic mass is 10.3. The van der Waals surface area contributed by atoms with Crippen LogP contribution in [-0.4, -0.2) is 82.7 Å². The largest absolute Gasteiger partial charge is 0.500 e. The molecular formula is C12H25N2O5Si+. The van der Waals surface area contributed by atoms with Crippen molar-refractivity contribution in [1.29, 1.82) is 0 Å². The van der Waals surface area contributed by atoms with E-state index in [4.69, 9.17) is 18.4 Å². The standard InChI is InChI=1S/C12H24N2O5Si/c1-11(12(15)16)14-8-7-13(10-14)6-5-9-20(17-2,18-3)19-4/h10-11H,5-9H2,1-4H3/p+1. The molecule has 1 aliphatic heterocycles. The Balaban J connectivity index is 2.43. The minimum atomic E-state index is -2.49. The van der Waals surface area contributed by atoms with Gasteiger partial charge in [0, 0.05) is 27.4 Å². The van der Waals surface area contributed by atoms with Crippen LogP contribution >= 0.6 is 0 Å². The van der Waals surface area contributed by atoms with Gasteiger partial charge in [0.05, 0.1) is 6.54 Å². The second kappa shape index (κ2) is 7.72. The minimum absolute atomic E-state index is 0.481. The monoisotopic (exact) mass is 305 g/mol. The number of hydrogen-bond acceptors (Lipinski definition) is 5. The molecule has 20 heavy (non-hydrogen) atoms. The third kappa shape index (κ3) is 4.27. The number of carbonyl (C=O) groups is 1. The smallest absolute Gasteiger partial charge is 0.478 e. The number of carboxylic acids is 1. The lowest BCUT2D eigenvalue weighted by molar-refractivity contribution is -0.513. The van der Waals surface area contributed by atoms with E-state index < -0.39 is 20.8 Å². The van der Waals surface area contributed by atoms with Gasteiger partial charge < -0.3 is 18.4 Å². The van der Waals surface area contributed by atoms with Crippen LogP contribution in [0.1, 0.15) is 13.3 Å². The summed E-state index contributed by atoms with van der Waals surface area (Å²) in [6, 6.07) is 0.264. The molecule has 1 N–H and O–H groups in total. The Bertz CT molecular complexity index is 351. The first kappa shape index (κ1) is 17.1.